The summed E-state index contributed by atoms with van der Waals surface area (Å²) in [6, 6.07) is 2.09. The van der Waals surface area contributed by atoms with Crippen LogP contribution >= 0.6 is 0 Å². The van der Waals surface area contributed by atoms with Crippen LogP contribution in [-0.2, 0) is 6.54 Å². The second-order valence-corrected chi connectivity index (χ2v) is 3.35. The minimum atomic E-state index is 1.02. The molecule has 68 valence electrons. The van der Waals surface area contributed by atoms with E-state index in [2.05, 4.69) is 36.4 Å². The molecule has 0 bridgehead atoms. The Morgan fingerprint density at radius 1 is 1.38 bits per heavy atom. The standard InChI is InChI=1S/C11H14N2/c1-4-13-9(3)8(2)10-5-6-12-7-11(10)13/h5-7H,4H2,1-3H3. The Labute approximate surface area is 78.2 Å². The van der Waals surface area contributed by atoms with E-state index in [0.29, 0.717) is 0 Å². The summed E-state index contributed by atoms with van der Waals surface area (Å²) in [5.41, 5.74) is 3.98. The predicted molar refractivity (Wildman–Crippen MR) is 54.9 cm³/mol. The fourth-order valence-electron chi connectivity index (χ4n) is 1.90. The number of pyridine rings is 1. The molecule has 0 spiro atoms. The molecule has 0 aliphatic heterocycles. The maximum absolute atomic E-state index is 4.16. The van der Waals surface area contributed by atoms with Crippen LogP contribution in [0, 0.1) is 13.8 Å². The molecule has 13 heavy (non-hydrogen) atoms. The summed E-state index contributed by atoms with van der Waals surface area (Å²) in [5, 5.41) is 1.33. The van der Waals surface area contributed by atoms with Crippen molar-refractivity contribution in [2.75, 3.05) is 0 Å². The van der Waals surface area contributed by atoms with Gasteiger partial charge < -0.3 is 4.57 Å². The average molecular weight is 174 g/mol. The molecule has 0 fully saturated rings. The van der Waals surface area contributed by atoms with E-state index in [1.165, 1.54) is 22.2 Å². The Morgan fingerprint density at radius 2 is 2.15 bits per heavy atom. The maximum Gasteiger partial charge on any atom is 0.0671 e. The molecule has 0 saturated heterocycles. The molecule has 0 N–H and O–H groups in total. The Balaban J connectivity index is 2.90. The minimum absolute atomic E-state index is 1.02. The highest BCUT2D eigenvalue weighted by Gasteiger charge is 2.08. The summed E-state index contributed by atoms with van der Waals surface area (Å²) in [7, 11) is 0. The van der Waals surface area contributed by atoms with Gasteiger partial charge >= 0.3 is 0 Å². The molecule has 0 saturated carbocycles. The van der Waals surface area contributed by atoms with Crippen LogP contribution in [0.3, 0.4) is 0 Å². The van der Waals surface area contributed by atoms with Crippen molar-refractivity contribution in [3.63, 3.8) is 0 Å². The van der Waals surface area contributed by atoms with Gasteiger partial charge in [-0.05, 0) is 32.4 Å². The van der Waals surface area contributed by atoms with Crippen molar-refractivity contribution in [1.82, 2.24) is 9.55 Å². The molecule has 2 rings (SSSR count). The zero-order valence-corrected chi connectivity index (χ0v) is 8.33. The van der Waals surface area contributed by atoms with Crippen LogP contribution in [0.25, 0.3) is 10.9 Å². The van der Waals surface area contributed by atoms with Gasteiger partial charge in [-0.1, -0.05) is 0 Å². The van der Waals surface area contributed by atoms with Crippen LogP contribution in [0.4, 0.5) is 0 Å². The number of rotatable bonds is 1. The number of aromatic nitrogens is 2. The van der Waals surface area contributed by atoms with E-state index >= 15 is 0 Å². The van der Waals surface area contributed by atoms with Gasteiger partial charge in [-0.3, -0.25) is 4.98 Å². The van der Waals surface area contributed by atoms with Crippen molar-refractivity contribution in [1.29, 1.82) is 0 Å². The SMILES string of the molecule is CCn1c(C)c(C)c2ccncc21. The first kappa shape index (κ1) is 8.30. The third kappa shape index (κ3) is 1.05. The smallest absolute Gasteiger partial charge is 0.0671 e. The molecule has 2 aromatic rings. The van der Waals surface area contributed by atoms with Gasteiger partial charge in [0.1, 0.15) is 0 Å². The molecule has 2 heteroatoms. The molecular weight excluding hydrogens is 160 g/mol. The summed E-state index contributed by atoms with van der Waals surface area (Å²) in [4.78, 5) is 4.16. The lowest BCUT2D eigenvalue weighted by Gasteiger charge is -2.02. The highest BCUT2D eigenvalue weighted by Crippen LogP contribution is 2.23. The molecule has 2 heterocycles. The van der Waals surface area contributed by atoms with Crippen molar-refractivity contribution in [2.45, 2.75) is 27.3 Å². The first-order chi connectivity index (χ1) is 6.25. The van der Waals surface area contributed by atoms with Gasteiger partial charge in [0.25, 0.3) is 0 Å². The molecule has 0 aliphatic rings. The third-order valence-corrected chi connectivity index (χ3v) is 2.76. The van der Waals surface area contributed by atoms with Crippen LogP contribution < -0.4 is 0 Å². The van der Waals surface area contributed by atoms with Crippen molar-refractivity contribution >= 4 is 10.9 Å². The molecule has 0 aromatic carbocycles. The lowest BCUT2D eigenvalue weighted by atomic mass is 10.2. The Bertz CT molecular complexity index is 441. The van der Waals surface area contributed by atoms with E-state index in [1.54, 1.807) is 0 Å². The Hall–Kier alpha value is -1.31. The lowest BCUT2D eigenvalue weighted by Crippen LogP contribution is -1.96. The van der Waals surface area contributed by atoms with E-state index in [1.807, 2.05) is 12.4 Å². The fraction of sp³-hybridized carbons (Fsp3) is 0.364. The fourth-order valence-corrected chi connectivity index (χ4v) is 1.90. The second kappa shape index (κ2) is 2.87. The average Bonchev–Trinajstić information content (AvgIpc) is 2.41. The van der Waals surface area contributed by atoms with Crippen LogP contribution in [0.5, 0.6) is 0 Å². The van der Waals surface area contributed by atoms with Gasteiger partial charge in [0.05, 0.1) is 11.7 Å². The topological polar surface area (TPSA) is 17.8 Å². The number of aryl methyl sites for hydroxylation is 2. The summed E-state index contributed by atoms with van der Waals surface area (Å²) in [5.74, 6) is 0. The first-order valence-electron chi connectivity index (χ1n) is 4.65. The summed E-state index contributed by atoms with van der Waals surface area (Å²) < 4.78 is 2.30. The van der Waals surface area contributed by atoms with Gasteiger partial charge in [-0.15, -0.1) is 0 Å². The van der Waals surface area contributed by atoms with E-state index in [4.69, 9.17) is 0 Å². The van der Waals surface area contributed by atoms with E-state index in [9.17, 15) is 0 Å². The second-order valence-electron chi connectivity index (χ2n) is 3.35. The van der Waals surface area contributed by atoms with Crippen molar-refractivity contribution in [3.8, 4) is 0 Å². The predicted octanol–water partition coefficient (Wildman–Crippen LogP) is 2.67. The summed E-state index contributed by atoms with van der Waals surface area (Å²) in [6.45, 7) is 7.52. The zero-order valence-electron chi connectivity index (χ0n) is 8.33. The quantitative estimate of drug-likeness (QED) is 0.650. The van der Waals surface area contributed by atoms with Crippen molar-refractivity contribution in [2.24, 2.45) is 0 Å². The van der Waals surface area contributed by atoms with Crippen LogP contribution in [0.2, 0.25) is 0 Å². The molecule has 0 unspecified atom stereocenters. The number of hydrogen-bond donors (Lipinski definition) is 0. The number of nitrogens with zero attached hydrogens (tertiary/aromatic N) is 2. The monoisotopic (exact) mass is 174 g/mol. The molecule has 0 radical (unpaired) electrons. The van der Waals surface area contributed by atoms with Crippen LogP contribution in [-0.4, -0.2) is 9.55 Å². The van der Waals surface area contributed by atoms with Gasteiger partial charge in [-0.25, -0.2) is 0 Å². The first-order valence-corrected chi connectivity index (χ1v) is 4.65. The van der Waals surface area contributed by atoms with Gasteiger partial charge in [0, 0.05) is 23.8 Å². The Morgan fingerprint density at radius 3 is 2.85 bits per heavy atom. The normalized spacial score (nSPS) is 11.0. The van der Waals surface area contributed by atoms with Crippen molar-refractivity contribution in [3.05, 3.63) is 29.7 Å². The highest BCUT2D eigenvalue weighted by molar-refractivity contribution is 5.84. The number of fused-ring (bicyclic) bond motifs is 1. The van der Waals surface area contributed by atoms with Crippen molar-refractivity contribution < 1.29 is 0 Å². The molecule has 2 aromatic heterocycles. The van der Waals surface area contributed by atoms with Gasteiger partial charge in [0.2, 0.25) is 0 Å². The molecular formula is C11H14N2. The molecule has 0 atom stereocenters. The highest BCUT2D eigenvalue weighted by atomic mass is 15.0. The summed E-state index contributed by atoms with van der Waals surface area (Å²) >= 11 is 0. The molecule has 2 nitrogen and oxygen atoms in total. The van der Waals surface area contributed by atoms with E-state index in [0.717, 1.165) is 6.54 Å². The van der Waals surface area contributed by atoms with Crippen LogP contribution in [0.15, 0.2) is 18.5 Å². The largest absolute Gasteiger partial charge is 0.344 e. The molecule has 0 amide bonds. The van der Waals surface area contributed by atoms with Crippen LogP contribution in [0.1, 0.15) is 18.2 Å². The molecule has 0 aliphatic carbocycles. The third-order valence-electron chi connectivity index (χ3n) is 2.76. The lowest BCUT2D eigenvalue weighted by molar-refractivity contribution is 0.765. The van der Waals surface area contributed by atoms with Gasteiger partial charge in [-0.2, -0.15) is 0 Å². The van der Waals surface area contributed by atoms with Gasteiger partial charge in [0.15, 0.2) is 0 Å². The summed E-state index contributed by atoms with van der Waals surface area (Å²) in [6.07, 6.45) is 3.80. The zero-order chi connectivity index (χ0) is 9.42. The Kier molecular flexibility index (Phi) is 1.83. The maximum atomic E-state index is 4.16. The number of hydrogen-bond acceptors (Lipinski definition) is 1. The minimum Gasteiger partial charge on any atom is -0.344 e. The van der Waals surface area contributed by atoms with E-state index in [-0.39, 0.29) is 0 Å². The van der Waals surface area contributed by atoms with E-state index < -0.39 is 0 Å².